The van der Waals surface area contributed by atoms with Crippen LogP contribution in [-0.2, 0) is 6.42 Å². The summed E-state index contributed by atoms with van der Waals surface area (Å²) in [7, 11) is 0. The molecule has 0 aliphatic heterocycles. The lowest BCUT2D eigenvalue weighted by Gasteiger charge is -2.03. The average Bonchev–Trinajstić information content (AvgIpc) is 2.19. The van der Waals surface area contributed by atoms with Crippen LogP contribution in [0.1, 0.15) is 25.0 Å². The van der Waals surface area contributed by atoms with Gasteiger partial charge in [-0.05, 0) is 31.0 Å². The zero-order valence-corrected chi connectivity index (χ0v) is 8.84. The highest BCUT2D eigenvalue weighted by Crippen LogP contribution is 2.18. The summed E-state index contributed by atoms with van der Waals surface area (Å²) in [6, 6.07) is 3.15. The van der Waals surface area contributed by atoms with E-state index >= 15 is 0 Å². The Kier molecular flexibility index (Phi) is 3.70. The molecule has 0 radical (unpaired) electrons. The summed E-state index contributed by atoms with van der Waals surface area (Å²) in [5.41, 5.74) is 6.86. The molecule has 3 N–H and O–H groups in total. The van der Waals surface area contributed by atoms with Gasteiger partial charge >= 0.3 is 0 Å². The number of hydrogen-bond donors (Lipinski definition) is 2. The van der Waals surface area contributed by atoms with E-state index < -0.39 is 11.9 Å². The van der Waals surface area contributed by atoms with E-state index in [1.165, 1.54) is 6.07 Å². The molecule has 1 rings (SSSR count). The molecule has 15 heavy (non-hydrogen) atoms. The molecule has 0 bridgehead atoms. The van der Waals surface area contributed by atoms with E-state index in [9.17, 15) is 4.39 Å². The molecule has 0 saturated carbocycles. The standard InChI is InChI=1S/C12H14FNO/c1-3-9-6-10(5-4-8(2)15)12(14)11(13)7-9/h6-8,15H,3,14H2,1-2H3. The summed E-state index contributed by atoms with van der Waals surface area (Å²) in [4.78, 5) is 0. The van der Waals surface area contributed by atoms with Crippen LogP contribution in [0.3, 0.4) is 0 Å². The van der Waals surface area contributed by atoms with Crippen molar-refractivity contribution in [3.8, 4) is 11.8 Å². The third kappa shape index (κ3) is 2.97. The Morgan fingerprint density at radius 1 is 1.53 bits per heavy atom. The maximum atomic E-state index is 13.3. The lowest BCUT2D eigenvalue weighted by Crippen LogP contribution is -1.99. The minimum Gasteiger partial charge on any atom is -0.395 e. The van der Waals surface area contributed by atoms with E-state index in [-0.39, 0.29) is 5.69 Å². The molecule has 1 aromatic carbocycles. The molecule has 2 nitrogen and oxygen atoms in total. The topological polar surface area (TPSA) is 46.2 Å². The molecule has 0 saturated heterocycles. The Morgan fingerprint density at radius 3 is 2.73 bits per heavy atom. The summed E-state index contributed by atoms with van der Waals surface area (Å²) in [5, 5.41) is 8.99. The number of hydrogen-bond acceptors (Lipinski definition) is 2. The number of anilines is 1. The number of nitrogens with two attached hydrogens (primary N) is 1. The lowest BCUT2D eigenvalue weighted by molar-refractivity contribution is 0.253. The molecule has 80 valence electrons. The number of aliphatic hydroxyl groups is 1. The molecular formula is C12H14FNO. The second-order valence-electron chi connectivity index (χ2n) is 3.34. The smallest absolute Gasteiger partial charge is 0.147 e. The summed E-state index contributed by atoms with van der Waals surface area (Å²) in [5.74, 6) is 4.75. The van der Waals surface area contributed by atoms with Gasteiger partial charge in [-0.15, -0.1) is 0 Å². The second kappa shape index (κ2) is 4.81. The van der Waals surface area contributed by atoms with E-state index in [4.69, 9.17) is 10.8 Å². The Morgan fingerprint density at radius 2 is 2.20 bits per heavy atom. The highest BCUT2D eigenvalue weighted by atomic mass is 19.1. The van der Waals surface area contributed by atoms with Crippen LogP contribution in [0.15, 0.2) is 12.1 Å². The normalized spacial score (nSPS) is 11.7. The number of nitrogen functional groups attached to an aromatic ring is 1. The van der Waals surface area contributed by atoms with Gasteiger partial charge in [0.05, 0.1) is 11.3 Å². The third-order valence-electron chi connectivity index (χ3n) is 2.01. The quantitative estimate of drug-likeness (QED) is 0.544. The van der Waals surface area contributed by atoms with E-state index in [2.05, 4.69) is 11.8 Å². The van der Waals surface area contributed by atoms with E-state index in [0.717, 1.165) is 12.0 Å². The van der Waals surface area contributed by atoms with Gasteiger partial charge in [0.25, 0.3) is 0 Å². The van der Waals surface area contributed by atoms with Gasteiger partial charge in [0, 0.05) is 0 Å². The minimum atomic E-state index is -0.738. The molecular weight excluding hydrogens is 193 g/mol. The van der Waals surface area contributed by atoms with Crippen LogP contribution in [0.4, 0.5) is 10.1 Å². The number of aliphatic hydroxyl groups excluding tert-OH is 1. The molecule has 1 aromatic rings. The van der Waals surface area contributed by atoms with Gasteiger partial charge in [-0.2, -0.15) is 0 Å². The van der Waals surface area contributed by atoms with Crippen LogP contribution in [0, 0.1) is 17.7 Å². The van der Waals surface area contributed by atoms with Gasteiger partial charge in [-0.1, -0.05) is 18.8 Å². The first-order valence-electron chi connectivity index (χ1n) is 4.82. The molecule has 0 aliphatic carbocycles. The van der Waals surface area contributed by atoms with Gasteiger partial charge < -0.3 is 10.8 Å². The van der Waals surface area contributed by atoms with Crippen LogP contribution >= 0.6 is 0 Å². The highest BCUT2D eigenvalue weighted by Gasteiger charge is 2.05. The van der Waals surface area contributed by atoms with Crippen molar-refractivity contribution in [3.05, 3.63) is 29.1 Å². The van der Waals surface area contributed by atoms with Gasteiger partial charge in [-0.3, -0.25) is 0 Å². The Labute approximate surface area is 88.9 Å². The van der Waals surface area contributed by atoms with Crippen molar-refractivity contribution < 1.29 is 9.50 Å². The first-order valence-corrected chi connectivity index (χ1v) is 4.82. The fourth-order valence-electron chi connectivity index (χ4n) is 1.16. The SMILES string of the molecule is CCc1cc(F)c(N)c(C#CC(C)O)c1. The maximum absolute atomic E-state index is 13.3. The second-order valence-corrected chi connectivity index (χ2v) is 3.34. The van der Waals surface area contributed by atoms with Crippen molar-refractivity contribution in [2.45, 2.75) is 26.4 Å². The minimum absolute atomic E-state index is 0.0420. The summed E-state index contributed by atoms with van der Waals surface area (Å²) in [6.45, 7) is 3.47. The molecule has 0 spiro atoms. The zero-order chi connectivity index (χ0) is 11.4. The van der Waals surface area contributed by atoms with Gasteiger partial charge in [0.2, 0.25) is 0 Å². The number of benzene rings is 1. The fraction of sp³-hybridized carbons (Fsp3) is 0.333. The maximum Gasteiger partial charge on any atom is 0.147 e. The van der Waals surface area contributed by atoms with Gasteiger partial charge in [0.15, 0.2) is 0 Å². The Bertz CT molecular complexity index is 416. The van der Waals surface area contributed by atoms with Crippen molar-refractivity contribution in [1.29, 1.82) is 0 Å². The van der Waals surface area contributed by atoms with Gasteiger partial charge in [-0.25, -0.2) is 4.39 Å². The number of halogens is 1. The molecule has 0 fully saturated rings. The fourth-order valence-corrected chi connectivity index (χ4v) is 1.16. The molecule has 0 aliphatic rings. The monoisotopic (exact) mass is 207 g/mol. The van der Waals surface area contributed by atoms with E-state index in [0.29, 0.717) is 5.56 Å². The summed E-state index contributed by atoms with van der Waals surface area (Å²) >= 11 is 0. The molecule has 0 heterocycles. The Hall–Kier alpha value is -1.53. The van der Waals surface area contributed by atoms with Crippen LogP contribution in [-0.4, -0.2) is 11.2 Å². The van der Waals surface area contributed by atoms with Crippen LogP contribution in [0.2, 0.25) is 0 Å². The Balaban J connectivity index is 3.18. The van der Waals surface area contributed by atoms with Gasteiger partial charge in [0.1, 0.15) is 11.9 Å². The molecule has 1 unspecified atom stereocenters. The highest BCUT2D eigenvalue weighted by molar-refractivity contribution is 5.58. The first-order chi connectivity index (χ1) is 7.04. The lowest BCUT2D eigenvalue weighted by atomic mass is 10.1. The van der Waals surface area contributed by atoms with Crippen LogP contribution < -0.4 is 5.73 Å². The molecule has 0 amide bonds. The third-order valence-corrected chi connectivity index (χ3v) is 2.01. The first kappa shape index (κ1) is 11.5. The van der Waals surface area contributed by atoms with Crippen molar-refractivity contribution >= 4 is 5.69 Å². The van der Waals surface area contributed by atoms with Crippen molar-refractivity contribution in [2.24, 2.45) is 0 Å². The number of aryl methyl sites for hydroxylation is 1. The average molecular weight is 207 g/mol. The molecule has 0 aromatic heterocycles. The van der Waals surface area contributed by atoms with E-state index in [1.807, 2.05) is 6.92 Å². The molecule has 1 atom stereocenters. The van der Waals surface area contributed by atoms with E-state index in [1.54, 1.807) is 13.0 Å². The van der Waals surface area contributed by atoms with Crippen LogP contribution in [0.25, 0.3) is 0 Å². The summed E-state index contributed by atoms with van der Waals surface area (Å²) < 4.78 is 13.3. The number of rotatable bonds is 1. The zero-order valence-electron chi connectivity index (χ0n) is 8.84. The predicted octanol–water partition coefficient (Wildman–Crippen LogP) is 1.70. The van der Waals surface area contributed by atoms with Crippen molar-refractivity contribution in [2.75, 3.05) is 5.73 Å². The van der Waals surface area contributed by atoms with Crippen molar-refractivity contribution in [1.82, 2.24) is 0 Å². The predicted molar refractivity (Wildman–Crippen MR) is 58.7 cm³/mol. The van der Waals surface area contributed by atoms with Crippen molar-refractivity contribution in [3.63, 3.8) is 0 Å². The molecule has 3 heteroatoms. The largest absolute Gasteiger partial charge is 0.395 e. The van der Waals surface area contributed by atoms with Crippen LogP contribution in [0.5, 0.6) is 0 Å². The summed E-state index contributed by atoms with van der Waals surface area (Å²) in [6.07, 6.45) is -0.0154.